The zero-order chi connectivity index (χ0) is 12.8. The second-order valence-electron chi connectivity index (χ2n) is 3.63. The Hall–Kier alpha value is -0.940. The summed E-state index contributed by atoms with van der Waals surface area (Å²) >= 11 is 3.21. The van der Waals surface area contributed by atoms with Gasteiger partial charge in [-0.1, -0.05) is 15.9 Å². The third kappa shape index (κ3) is 4.83. The van der Waals surface area contributed by atoms with Gasteiger partial charge in [-0.05, 0) is 37.6 Å². The van der Waals surface area contributed by atoms with Crippen molar-refractivity contribution in [2.45, 2.75) is 26.4 Å². The third-order valence-corrected chi connectivity index (χ3v) is 2.63. The fourth-order valence-corrected chi connectivity index (χ4v) is 1.85. The third-order valence-electron chi connectivity index (χ3n) is 2.17. The summed E-state index contributed by atoms with van der Waals surface area (Å²) in [5.74, 6) is -0.608. The maximum absolute atomic E-state index is 13.1. The average molecular weight is 304 g/mol. The number of hydrogen-bond acceptors (Lipinski definition) is 3. The molecule has 0 bridgehead atoms. The second-order valence-corrected chi connectivity index (χ2v) is 4.55. The highest BCUT2D eigenvalue weighted by atomic mass is 79.9. The molecule has 1 aromatic carbocycles. The molecule has 0 aliphatic rings. The summed E-state index contributed by atoms with van der Waals surface area (Å²) < 4.78 is 18.6. The molecule has 1 atom stereocenters. The Bertz CT molecular complexity index is 378. The molecule has 0 radical (unpaired) electrons. The molecule has 3 nitrogen and oxygen atoms in total. The number of esters is 1. The van der Waals surface area contributed by atoms with Crippen molar-refractivity contribution < 1.29 is 13.9 Å². The van der Waals surface area contributed by atoms with E-state index >= 15 is 0 Å². The lowest BCUT2D eigenvalue weighted by molar-refractivity contribution is -0.145. The molecular weight excluding hydrogens is 289 g/mol. The van der Waals surface area contributed by atoms with Crippen LogP contribution in [0.3, 0.4) is 0 Å². The SMILES string of the molecule is CCOC(=O)C(C)NCc1cc(F)cc(Br)c1. The van der Waals surface area contributed by atoms with Crippen molar-refractivity contribution in [3.05, 3.63) is 34.1 Å². The van der Waals surface area contributed by atoms with Crippen LogP contribution in [0.15, 0.2) is 22.7 Å². The van der Waals surface area contributed by atoms with Crippen LogP contribution in [0.2, 0.25) is 0 Å². The quantitative estimate of drug-likeness (QED) is 0.850. The van der Waals surface area contributed by atoms with Gasteiger partial charge in [-0.2, -0.15) is 0 Å². The number of benzene rings is 1. The number of hydrogen-bond donors (Lipinski definition) is 1. The van der Waals surface area contributed by atoms with Crippen molar-refractivity contribution >= 4 is 21.9 Å². The van der Waals surface area contributed by atoms with Crippen LogP contribution in [0.25, 0.3) is 0 Å². The van der Waals surface area contributed by atoms with Crippen LogP contribution < -0.4 is 5.32 Å². The number of nitrogens with one attached hydrogen (secondary N) is 1. The van der Waals surface area contributed by atoms with Crippen LogP contribution >= 0.6 is 15.9 Å². The first-order valence-corrected chi connectivity index (χ1v) is 6.17. The molecule has 0 saturated heterocycles. The molecule has 0 saturated carbocycles. The lowest BCUT2D eigenvalue weighted by Gasteiger charge is -2.12. The standard InChI is InChI=1S/C12H15BrFNO2/c1-3-17-12(16)8(2)15-7-9-4-10(13)6-11(14)5-9/h4-6,8,15H,3,7H2,1-2H3. The lowest BCUT2D eigenvalue weighted by Crippen LogP contribution is -2.34. The summed E-state index contributed by atoms with van der Waals surface area (Å²) in [6.45, 7) is 4.24. The van der Waals surface area contributed by atoms with Gasteiger partial charge in [0.1, 0.15) is 11.9 Å². The number of ether oxygens (including phenoxy) is 1. The van der Waals surface area contributed by atoms with Crippen molar-refractivity contribution in [3.63, 3.8) is 0 Å². The predicted molar refractivity (Wildman–Crippen MR) is 67.0 cm³/mol. The minimum absolute atomic E-state index is 0.303. The monoisotopic (exact) mass is 303 g/mol. The topological polar surface area (TPSA) is 38.3 Å². The van der Waals surface area contributed by atoms with Gasteiger partial charge < -0.3 is 10.1 Å². The Morgan fingerprint density at radius 2 is 2.24 bits per heavy atom. The molecule has 94 valence electrons. The summed E-state index contributed by atoms with van der Waals surface area (Å²) in [5, 5.41) is 2.98. The Morgan fingerprint density at radius 3 is 2.82 bits per heavy atom. The van der Waals surface area contributed by atoms with Crippen LogP contribution in [0, 0.1) is 5.82 Å². The normalized spacial score (nSPS) is 12.2. The van der Waals surface area contributed by atoms with E-state index < -0.39 is 6.04 Å². The van der Waals surface area contributed by atoms with Crippen molar-refractivity contribution in [2.75, 3.05) is 6.61 Å². The van der Waals surface area contributed by atoms with Gasteiger partial charge >= 0.3 is 5.97 Å². The van der Waals surface area contributed by atoms with Crippen molar-refractivity contribution in [1.82, 2.24) is 5.32 Å². The predicted octanol–water partition coefficient (Wildman–Crippen LogP) is 2.63. The Balaban J connectivity index is 2.52. The van der Waals surface area contributed by atoms with Crippen LogP contribution in [0.1, 0.15) is 19.4 Å². The maximum atomic E-state index is 13.1. The van der Waals surface area contributed by atoms with Gasteiger partial charge in [-0.25, -0.2) is 4.39 Å². The van der Waals surface area contributed by atoms with Gasteiger partial charge in [-0.15, -0.1) is 0 Å². The molecule has 1 N–H and O–H groups in total. The van der Waals surface area contributed by atoms with Gasteiger partial charge in [0.2, 0.25) is 0 Å². The molecular formula is C12H15BrFNO2. The molecule has 0 amide bonds. The molecule has 1 unspecified atom stereocenters. The molecule has 1 rings (SSSR count). The molecule has 0 aliphatic heterocycles. The van der Waals surface area contributed by atoms with Gasteiger partial charge in [-0.3, -0.25) is 4.79 Å². The minimum atomic E-state index is -0.406. The van der Waals surface area contributed by atoms with E-state index in [0.717, 1.165) is 5.56 Å². The maximum Gasteiger partial charge on any atom is 0.322 e. The highest BCUT2D eigenvalue weighted by Gasteiger charge is 2.12. The first kappa shape index (κ1) is 14.1. The van der Waals surface area contributed by atoms with E-state index in [1.807, 2.05) is 0 Å². The van der Waals surface area contributed by atoms with E-state index in [4.69, 9.17) is 4.74 Å². The summed E-state index contributed by atoms with van der Waals surface area (Å²) in [5.41, 5.74) is 0.771. The minimum Gasteiger partial charge on any atom is -0.465 e. The first-order valence-electron chi connectivity index (χ1n) is 5.38. The Kier molecular flexibility index (Phi) is 5.58. The van der Waals surface area contributed by atoms with Crippen molar-refractivity contribution in [1.29, 1.82) is 0 Å². The molecule has 0 fully saturated rings. The number of carbonyl (C=O) groups is 1. The second kappa shape index (κ2) is 6.71. The lowest BCUT2D eigenvalue weighted by atomic mass is 10.2. The van der Waals surface area contributed by atoms with Gasteiger partial charge in [0.25, 0.3) is 0 Å². The van der Waals surface area contributed by atoms with E-state index in [1.54, 1.807) is 19.9 Å². The van der Waals surface area contributed by atoms with E-state index in [0.29, 0.717) is 17.6 Å². The van der Waals surface area contributed by atoms with Gasteiger partial charge in [0, 0.05) is 11.0 Å². The number of halogens is 2. The van der Waals surface area contributed by atoms with Crippen LogP contribution in [0.4, 0.5) is 4.39 Å². The number of carbonyl (C=O) groups excluding carboxylic acids is 1. The average Bonchev–Trinajstić information content (AvgIpc) is 2.25. The zero-order valence-electron chi connectivity index (χ0n) is 9.80. The molecule has 0 aromatic heterocycles. The fraction of sp³-hybridized carbons (Fsp3) is 0.417. The molecule has 5 heteroatoms. The van der Waals surface area contributed by atoms with Crippen LogP contribution in [-0.2, 0) is 16.1 Å². The molecule has 1 aromatic rings. The molecule has 0 heterocycles. The van der Waals surface area contributed by atoms with E-state index in [9.17, 15) is 9.18 Å². The highest BCUT2D eigenvalue weighted by molar-refractivity contribution is 9.10. The van der Waals surface area contributed by atoms with Crippen molar-refractivity contribution in [3.8, 4) is 0 Å². The fourth-order valence-electron chi connectivity index (χ4n) is 1.33. The smallest absolute Gasteiger partial charge is 0.322 e. The highest BCUT2D eigenvalue weighted by Crippen LogP contribution is 2.14. The molecule has 0 spiro atoms. The zero-order valence-corrected chi connectivity index (χ0v) is 11.4. The van der Waals surface area contributed by atoms with Crippen LogP contribution in [0.5, 0.6) is 0 Å². The Labute approximate surface area is 108 Å². The first-order chi connectivity index (χ1) is 8.02. The van der Waals surface area contributed by atoms with E-state index in [2.05, 4.69) is 21.2 Å². The Morgan fingerprint density at radius 1 is 1.53 bits per heavy atom. The largest absolute Gasteiger partial charge is 0.465 e. The summed E-state index contributed by atoms with van der Waals surface area (Å²) in [4.78, 5) is 11.3. The van der Waals surface area contributed by atoms with E-state index in [1.165, 1.54) is 12.1 Å². The number of rotatable bonds is 5. The van der Waals surface area contributed by atoms with Gasteiger partial charge in [0.15, 0.2) is 0 Å². The molecule has 17 heavy (non-hydrogen) atoms. The van der Waals surface area contributed by atoms with Gasteiger partial charge in [0.05, 0.1) is 6.61 Å². The summed E-state index contributed by atoms with van der Waals surface area (Å²) in [7, 11) is 0. The van der Waals surface area contributed by atoms with E-state index in [-0.39, 0.29) is 11.8 Å². The van der Waals surface area contributed by atoms with Crippen molar-refractivity contribution in [2.24, 2.45) is 0 Å². The van der Waals surface area contributed by atoms with Crippen LogP contribution in [-0.4, -0.2) is 18.6 Å². The molecule has 0 aliphatic carbocycles. The summed E-state index contributed by atoms with van der Waals surface area (Å²) in [6, 6.07) is 4.21. The summed E-state index contributed by atoms with van der Waals surface area (Å²) in [6.07, 6.45) is 0.